The number of hydrogen-bond donors (Lipinski definition) is 1. The number of likely N-dealkylation sites (tertiary alicyclic amines) is 1. The first kappa shape index (κ1) is 22.5. The molecule has 1 aromatic rings. The van der Waals surface area contributed by atoms with Gasteiger partial charge in [0.15, 0.2) is 0 Å². The van der Waals surface area contributed by atoms with Crippen LogP contribution in [-0.4, -0.2) is 64.3 Å². The fourth-order valence-corrected chi connectivity index (χ4v) is 4.68. The minimum Gasteiger partial charge on any atom is -0.494 e. The number of carbonyl (C=O) groups excluding carboxylic acids is 1. The molecule has 1 saturated heterocycles. The van der Waals surface area contributed by atoms with Gasteiger partial charge in [0.2, 0.25) is 15.9 Å². The van der Waals surface area contributed by atoms with Crippen molar-refractivity contribution in [3.8, 4) is 5.75 Å². The number of benzene rings is 1. The summed E-state index contributed by atoms with van der Waals surface area (Å²) in [6.07, 6.45) is 5.77. The van der Waals surface area contributed by atoms with Crippen molar-refractivity contribution in [2.45, 2.75) is 45.6 Å². The van der Waals surface area contributed by atoms with Gasteiger partial charge in [-0.1, -0.05) is 6.42 Å². The summed E-state index contributed by atoms with van der Waals surface area (Å²) in [5.74, 6) is 0.368. The highest BCUT2D eigenvalue weighted by Crippen LogP contribution is 2.24. The van der Waals surface area contributed by atoms with E-state index in [4.69, 9.17) is 4.74 Å². The van der Waals surface area contributed by atoms with Crippen molar-refractivity contribution in [1.29, 1.82) is 0 Å². The summed E-state index contributed by atoms with van der Waals surface area (Å²) in [4.78, 5) is 15.0. The van der Waals surface area contributed by atoms with E-state index >= 15 is 0 Å². The molecule has 0 aromatic heterocycles. The van der Waals surface area contributed by atoms with Crippen molar-refractivity contribution in [3.63, 3.8) is 0 Å². The Balaban J connectivity index is 1.93. The molecule has 2 rings (SSSR count). The van der Waals surface area contributed by atoms with Crippen molar-refractivity contribution < 1.29 is 17.9 Å². The van der Waals surface area contributed by atoms with Gasteiger partial charge in [-0.15, -0.1) is 0 Å². The normalized spacial score (nSPS) is 16.4. The van der Waals surface area contributed by atoms with Crippen LogP contribution in [-0.2, 0) is 14.8 Å². The number of hydrogen-bond acceptors (Lipinski definition) is 5. The molecule has 1 aliphatic heterocycles. The zero-order valence-corrected chi connectivity index (χ0v) is 18.0. The van der Waals surface area contributed by atoms with Gasteiger partial charge in [0.1, 0.15) is 11.8 Å². The van der Waals surface area contributed by atoms with Crippen LogP contribution in [0.2, 0.25) is 0 Å². The van der Waals surface area contributed by atoms with Crippen LogP contribution >= 0.6 is 0 Å². The molecule has 0 aliphatic carbocycles. The number of nitrogens with zero attached hydrogens (tertiary/aromatic N) is 2. The highest BCUT2D eigenvalue weighted by molar-refractivity contribution is 7.92. The van der Waals surface area contributed by atoms with Crippen molar-refractivity contribution in [2.75, 3.05) is 43.3 Å². The van der Waals surface area contributed by atoms with Crippen LogP contribution in [0.1, 0.15) is 39.5 Å². The van der Waals surface area contributed by atoms with E-state index in [1.165, 1.54) is 19.3 Å². The Hall–Kier alpha value is -1.80. The van der Waals surface area contributed by atoms with Crippen LogP contribution in [0.3, 0.4) is 0 Å². The van der Waals surface area contributed by atoms with Crippen LogP contribution < -0.4 is 14.4 Å². The zero-order chi connectivity index (χ0) is 20.6. The number of rotatable bonds is 10. The quantitative estimate of drug-likeness (QED) is 0.598. The minimum absolute atomic E-state index is 0.294. The molecular formula is C20H33N3O4S. The lowest BCUT2D eigenvalue weighted by atomic mass is 10.1. The lowest BCUT2D eigenvalue weighted by molar-refractivity contribution is -0.121. The number of sulfonamides is 1. The molecule has 1 atom stereocenters. The number of nitrogens with one attached hydrogen (secondary N) is 1. The second-order valence-corrected chi connectivity index (χ2v) is 9.07. The van der Waals surface area contributed by atoms with Crippen LogP contribution in [0, 0.1) is 0 Å². The SMILES string of the molecule is CCOc1ccc(N([C@@H](C)C(=O)NCCCN2CCCCC2)S(C)(=O)=O)cc1. The number of anilines is 1. The van der Waals surface area contributed by atoms with Gasteiger partial charge in [0.25, 0.3) is 0 Å². The lowest BCUT2D eigenvalue weighted by Crippen LogP contribution is -2.48. The van der Waals surface area contributed by atoms with Gasteiger partial charge in [-0.3, -0.25) is 9.10 Å². The van der Waals surface area contributed by atoms with E-state index in [1.54, 1.807) is 31.2 Å². The minimum atomic E-state index is -3.61. The highest BCUT2D eigenvalue weighted by Gasteiger charge is 2.29. The average molecular weight is 412 g/mol. The van der Waals surface area contributed by atoms with E-state index < -0.39 is 16.1 Å². The van der Waals surface area contributed by atoms with E-state index in [1.807, 2.05) is 6.92 Å². The summed E-state index contributed by atoms with van der Waals surface area (Å²) in [5, 5.41) is 2.88. The number of piperidine rings is 1. The first-order chi connectivity index (χ1) is 13.3. The molecule has 0 saturated carbocycles. The molecule has 7 nitrogen and oxygen atoms in total. The van der Waals surface area contributed by atoms with E-state index in [9.17, 15) is 13.2 Å². The van der Waals surface area contributed by atoms with Crippen LogP contribution in [0.15, 0.2) is 24.3 Å². The van der Waals surface area contributed by atoms with Crippen LogP contribution in [0.4, 0.5) is 5.69 Å². The van der Waals surface area contributed by atoms with Gasteiger partial charge >= 0.3 is 0 Å². The molecule has 0 spiro atoms. The molecule has 1 fully saturated rings. The number of ether oxygens (including phenoxy) is 1. The van der Waals surface area contributed by atoms with Crippen LogP contribution in [0.5, 0.6) is 5.75 Å². The summed E-state index contributed by atoms with van der Waals surface area (Å²) < 4.78 is 31.2. The molecule has 0 radical (unpaired) electrons. The summed E-state index contributed by atoms with van der Waals surface area (Å²) in [6.45, 7) is 7.79. The molecule has 8 heteroatoms. The summed E-state index contributed by atoms with van der Waals surface area (Å²) >= 11 is 0. The van der Waals surface area contributed by atoms with Crippen molar-refractivity contribution in [1.82, 2.24) is 10.2 Å². The summed E-state index contributed by atoms with van der Waals surface area (Å²) in [6, 6.07) is 5.90. The largest absolute Gasteiger partial charge is 0.494 e. The molecule has 0 unspecified atom stereocenters. The van der Waals surface area contributed by atoms with Crippen LogP contribution in [0.25, 0.3) is 0 Å². The third-order valence-corrected chi connectivity index (χ3v) is 6.13. The molecule has 1 N–H and O–H groups in total. The molecule has 158 valence electrons. The Kier molecular flexibility index (Phi) is 8.57. The van der Waals surface area contributed by atoms with E-state index in [-0.39, 0.29) is 5.91 Å². The second kappa shape index (κ2) is 10.7. The Labute approximate surface area is 169 Å². The van der Waals surface area contributed by atoms with E-state index in [0.29, 0.717) is 24.6 Å². The Morgan fingerprint density at radius 1 is 1.21 bits per heavy atom. The highest BCUT2D eigenvalue weighted by atomic mass is 32.2. The molecule has 1 aromatic carbocycles. The third-order valence-electron chi connectivity index (χ3n) is 4.89. The predicted octanol–water partition coefficient (Wildman–Crippen LogP) is 2.23. The molecule has 28 heavy (non-hydrogen) atoms. The Morgan fingerprint density at radius 2 is 1.86 bits per heavy atom. The smallest absolute Gasteiger partial charge is 0.243 e. The molecule has 0 bridgehead atoms. The van der Waals surface area contributed by atoms with Gasteiger partial charge in [-0.05, 0) is 77.0 Å². The lowest BCUT2D eigenvalue weighted by Gasteiger charge is -2.29. The topological polar surface area (TPSA) is 79.0 Å². The fraction of sp³-hybridized carbons (Fsp3) is 0.650. The maximum atomic E-state index is 12.6. The first-order valence-electron chi connectivity index (χ1n) is 10.0. The molecular weight excluding hydrogens is 378 g/mol. The van der Waals surface area contributed by atoms with Gasteiger partial charge in [-0.2, -0.15) is 0 Å². The van der Waals surface area contributed by atoms with Gasteiger partial charge in [-0.25, -0.2) is 8.42 Å². The van der Waals surface area contributed by atoms with Crippen molar-refractivity contribution in [3.05, 3.63) is 24.3 Å². The van der Waals surface area contributed by atoms with E-state index in [0.717, 1.165) is 36.6 Å². The summed E-state index contributed by atoms with van der Waals surface area (Å²) in [7, 11) is -3.61. The maximum absolute atomic E-state index is 12.6. The summed E-state index contributed by atoms with van der Waals surface area (Å²) in [5.41, 5.74) is 0.446. The van der Waals surface area contributed by atoms with Crippen molar-refractivity contribution >= 4 is 21.6 Å². The van der Waals surface area contributed by atoms with Gasteiger partial charge in [0.05, 0.1) is 18.6 Å². The Morgan fingerprint density at radius 3 is 2.43 bits per heavy atom. The maximum Gasteiger partial charge on any atom is 0.243 e. The van der Waals surface area contributed by atoms with Gasteiger partial charge < -0.3 is 15.0 Å². The average Bonchev–Trinajstić information content (AvgIpc) is 2.66. The van der Waals surface area contributed by atoms with Gasteiger partial charge in [0, 0.05) is 6.54 Å². The second-order valence-electron chi connectivity index (χ2n) is 7.21. The predicted molar refractivity (Wildman–Crippen MR) is 112 cm³/mol. The number of carbonyl (C=O) groups is 1. The molecule has 1 aliphatic rings. The Bertz CT molecular complexity index is 715. The molecule has 1 amide bonds. The number of amides is 1. The van der Waals surface area contributed by atoms with Crippen molar-refractivity contribution in [2.24, 2.45) is 0 Å². The molecule has 1 heterocycles. The third kappa shape index (κ3) is 6.67. The van der Waals surface area contributed by atoms with E-state index in [2.05, 4.69) is 10.2 Å². The zero-order valence-electron chi connectivity index (χ0n) is 17.2. The standard InChI is InChI=1S/C20H33N3O4S/c1-4-27-19-11-9-18(10-12-19)23(28(3,25)26)17(2)20(24)21-13-8-16-22-14-6-5-7-15-22/h9-12,17H,4-8,13-16H2,1-3H3,(H,21,24)/t17-/m0/s1. The monoisotopic (exact) mass is 411 g/mol. The fourth-order valence-electron chi connectivity index (χ4n) is 3.51. The first-order valence-corrected chi connectivity index (χ1v) is 11.9.